The van der Waals surface area contributed by atoms with Gasteiger partial charge in [-0.3, -0.25) is 0 Å². The maximum absolute atomic E-state index is 11.8. The SMILES string of the molecule is O=C(NCc1ccoc1)NCC1(c2ccccc2)CC1. The molecule has 1 heterocycles. The Morgan fingerprint density at radius 2 is 1.95 bits per heavy atom. The van der Waals surface area contributed by atoms with Gasteiger partial charge in [-0.25, -0.2) is 4.79 Å². The largest absolute Gasteiger partial charge is 0.472 e. The van der Waals surface area contributed by atoms with Crippen LogP contribution in [0.3, 0.4) is 0 Å². The van der Waals surface area contributed by atoms with Gasteiger partial charge in [0, 0.05) is 24.1 Å². The molecule has 1 aromatic carbocycles. The summed E-state index contributed by atoms with van der Waals surface area (Å²) in [6, 6.07) is 12.1. The minimum Gasteiger partial charge on any atom is -0.472 e. The molecule has 0 bridgehead atoms. The van der Waals surface area contributed by atoms with Crippen LogP contribution in [0.5, 0.6) is 0 Å². The Labute approximate surface area is 118 Å². The predicted molar refractivity (Wildman–Crippen MR) is 76.3 cm³/mol. The van der Waals surface area contributed by atoms with Gasteiger partial charge < -0.3 is 15.1 Å². The van der Waals surface area contributed by atoms with E-state index in [0.29, 0.717) is 13.1 Å². The number of hydrogen-bond donors (Lipinski definition) is 2. The van der Waals surface area contributed by atoms with Gasteiger partial charge in [0.15, 0.2) is 0 Å². The van der Waals surface area contributed by atoms with E-state index in [4.69, 9.17) is 4.42 Å². The minimum absolute atomic E-state index is 0.131. The fourth-order valence-corrected chi connectivity index (χ4v) is 2.40. The van der Waals surface area contributed by atoms with Crippen molar-refractivity contribution in [3.8, 4) is 0 Å². The molecule has 1 fully saturated rings. The van der Waals surface area contributed by atoms with Gasteiger partial charge in [-0.2, -0.15) is 0 Å². The average Bonchev–Trinajstić information content (AvgIpc) is 3.11. The van der Waals surface area contributed by atoms with Gasteiger partial charge >= 0.3 is 6.03 Å². The molecule has 1 aliphatic rings. The minimum atomic E-state index is -0.131. The topological polar surface area (TPSA) is 54.3 Å². The molecule has 1 saturated carbocycles. The van der Waals surface area contributed by atoms with Crippen molar-refractivity contribution in [1.29, 1.82) is 0 Å². The van der Waals surface area contributed by atoms with Crippen LogP contribution in [-0.2, 0) is 12.0 Å². The van der Waals surface area contributed by atoms with Crippen molar-refractivity contribution in [2.45, 2.75) is 24.8 Å². The lowest BCUT2D eigenvalue weighted by atomic mass is 9.96. The third-order valence-corrected chi connectivity index (χ3v) is 3.86. The van der Waals surface area contributed by atoms with E-state index in [1.54, 1.807) is 12.5 Å². The summed E-state index contributed by atoms with van der Waals surface area (Å²) in [5, 5.41) is 5.79. The molecule has 1 aliphatic carbocycles. The maximum atomic E-state index is 11.8. The molecular weight excluding hydrogens is 252 g/mol. The zero-order chi connectivity index (χ0) is 13.8. The smallest absolute Gasteiger partial charge is 0.315 e. The number of nitrogens with one attached hydrogen (secondary N) is 2. The molecule has 2 N–H and O–H groups in total. The Kier molecular flexibility index (Phi) is 3.46. The number of rotatable bonds is 5. The lowest BCUT2D eigenvalue weighted by Crippen LogP contribution is -2.39. The van der Waals surface area contributed by atoms with Gasteiger partial charge in [-0.1, -0.05) is 30.3 Å². The van der Waals surface area contributed by atoms with Crippen molar-refractivity contribution < 1.29 is 9.21 Å². The van der Waals surface area contributed by atoms with Gasteiger partial charge in [-0.15, -0.1) is 0 Å². The van der Waals surface area contributed by atoms with Gasteiger partial charge in [0.05, 0.1) is 12.5 Å². The summed E-state index contributed by atoms with van der Waals surface area (Å²) in [5.41, 5.74) is 2.42. The Morgan fingerprint density at radius 1 is 1.15 bits per heavy atom. The van der Waals surface area contributed by atoms with Gasteiger partial charge in [-0.05, 0) is 24.5 Å². The number of carbonyl (C=O) groups excluding carboxylic acids is 1. The van der Waals surface area contributed by atoms with E-state index in [-0.39, 0.29) is 11.4 Å². The van der Waals surface area contributed by atoms with Crippen molar-refractivity contribution in [3.63, 3.8) is 0 Å². The first-order valence-corrected chi connectivity index (χ1v) is 6.87. The third-order valence-electron chi connectivity index (χ3n) is 3.86. The van der Waals surface area contributed by atoms with Gasteiger partial charge in [0.2, 0.25) is 0 Å². The molecule has 0 unspecified atom stereocenters. The molecule has 1 aromatic heterocycles. The second-order valence-electron chi connectivity index (χ2n) is 5.31. The molecule has 0 saturated heterocycles. The van der Waals surface area contributed by atoms with Crippen molar-refractivity contribution >= 4 is 6.03 Å². The normalized spacial score (nSPS) is 15.6. The zero-order valence-electron chi connectivity index (χ0n) is 11.3. The standard InChI is InChI=1S/C16H18N2O2/c19-15(17-10-13-6-9-20-11-13)18-12-16(7-8-16)14-4-2-1-3-5-14/h1-6,9,11H,7-8,10,12H2,(H2,17,18,19). The van der Waals surface area contributed by atoms with Crippen molar-refractivity contribution in [3.05, 3.63) is 60.1 Å². The highest BCUT2D eigenvalue weighted by atomic mass is 16.3. The third kappa shape index (κ3) is 2.85. The number of hydrogen-bond acceptors (Lipinski definition) is 2. The highest BCUT2D eigenvalue weighted by Gasteiger charge is 2.44. The number of urea groups is 1. The van der Waals surface area contributed by atoms with E-state index >= 15 is 0 Å². The monoisotopic (exact) mass is 270 g/mol. The van der Waals surface area contributed by atoms with Crippen LogP contribution in [0, 0.1) is 0 Å². The Morgan fingerprint density at radius 3 is 2.60 bits per heavy atom. The molecule has 4 nitrogen and oxygen atoms in total. The Bertz CT molecular complexity index is 559. The van der Waals surface area contributed by atoms with Crippen LogP contribution in [0.4, 0.5) is 4.79 Å². The fourth-order valence-electron chi connectivity index (χ4n) is 2.40. The molecule has 0 aliphatic heterocycles. The van der Waals surface area contributed by atoms with Crippen LogP contribution < -0.4 is 10.6 Å². The van der Waals surface area contributed by atoms with Crippen LogP contribution in [0.15, 0.2) is 53.3 Å². The first-order chi connectivity index (χ1) is 9.78. The highest BCUT2D eigenvalue weighted by molar-refractivity contribution is 5.74. The Hall–Kier alpha value is -2.23. The Balaban J connectivity index is 1.48. The van der Waals surface area contributed by atoms with Crippen LogP contribution in [0.25, 0.3) is 0 Å². The predicted octanol–water partition coefficient (Wildman–Crippen LogP) is 2.81. The summed E-state index contributed by atoms with van der Waals surface area (Å²) in [6.45, 7) is 1.18. The van der Waals surface area contributed by atoms with Gasteiger partial charge in [0.1, 0.15) is 0 Å². The van der Waals surface area contributed by atoms with Gasteiger partial charge in [0.25, 0.3) is 0 Å². The number of furan rings is 1. The summed E-state index contributed by atoms with van der Waals surface area (Å²) in [6.07, 6.45) is 5.51. The summed E-state index contributed by atoms with van der Waals surface area (Å²) in [7, 11) is 0. The average molecular weight is 270 g/mol. The quantitative estimate of drug-likeness (QED) is 0.877. The second kappa shape index (κ2) is 5.41. The summed E-state index contributed by atoms with van der Waals surface area (Å²) in [5.74, 6) is 0. The van der Waals surface area contributed by atoms with E-state index in [9.17, 15) is 4.79 Å². The summed E-state index contributed by atoms with van der Waals surface area (Å²) >= 11 is 0. The molecule has 0 spiro atoms. The highest BCUT2D eigenvalue weighted by Crippen LogP contribution is 2.47. The summed E-state index contributed by atoms with van der Waals surface area (Å²) < 4.78 is 4.96. The van der Waals surface area contributed by atoms with Crippen LogP contribution in [0.2, 0.25) is 0 Å². The maximum Gasteiger partial charge on any atom is 0.315 e. The summed E-state index contributed by atoms with van der Waals surface area (Å²) in [4.78, 5) is 11.8. The lowest BCUT2D eigenvalue weighted by molar-refractivity contribution is 0.239. The molecular formula is C16H18N2O2. The lowest BCUT2D eigenvalue weighted by Gasteiger charge is -2.16. The van der Waals surface area contributed by atoms with E-state index in [2.05, 4.69) is 22.8 Å². The van der Waals surface area contributed by atoms with Crippen molar-refractivity contribution in [2.75, 3.05) is 6.54 Å². The molecule has 4 heteroatoms. The van der Waals surface area contributed by atoms with Crippen LogP contribution in [0.1, 0.15) is 24.0 Å². The van der Waals surface area contributed by atoms with Crippen LogP contribution in [-0.4, -0.2) is 12.6 Å². The van der Waals surface area contributed by atoms with E-state index in [1.165, 1.54) is 5.56 Å². The second-order valence-corrected chi connectivity index (χ2v) is 5.31. The first kappa shape index (κ1) is 12.8. The molecule has 2 aromatic rings. The number of amides is 2. The van der Waals surface area contributed by atoms with E-state index in [1.807, 2.05) is 24.3 Å². The first-order valence-electron chi connectivity index (χ1n) is 6.87. The van der Waals surface area contributed by atoms with E-state index < -0.39 is 0 Å². The zero-order valence-corrected chi connectivity index (χ0v) is 11.3. The molecule has 2 amide bonds. The molecule has 0 radical (unpaired) electrons. The molecule has 104 valence electrons. The number of carbonyl (C=O) groups is 1. The molecule has 0 atom stereocenters. The van der Waals surface area contributed by atoms with Crippen LogP contribution >= 0.6 is 0 Å². The molecule has 3 rings (SSSR count). The van der Waals surface area contributed by atoms with E-state index in [0.717, 1.165) is 18.4 Å². The molecule has 20 heavy (non-hydrogen) atoms. The van der Waals surface area contributed by atoms with Crippen molar-refractivity contribution in [1.82, 2.24) is 10.6 Å². The fraction of sp³-hybridized carbons (Fsp3) is 0.312. The number of benzene rings is 1. The van der Waals surface area contributed by atoms with Crippen molar-refractivity contribution in [2.24, 2.45) is 0 Å².